The van der Waals surface area contributed by atoms with Gasteiger partial charge in [0.05, 0.1) is 12.1 Å². The molecular formula is C11H17NO4S. The molecule has 0 N–H and O–H groups in total. The number of amides is 1. The Morgan fingerprint density at radius 2 is 2.00 bits per heavy atom. The van der Waals surface area contributed by atoms with Crippen LogP contribution in [0.1, 0.15) is 33.6 Å². The molecule has 1 unspecified atom stereocenters. The number of carbonyl (C=O) groups excluding carboxylic acids is 2. The summed E-state index contributed by atoms with van der Waals surface area (Å²) in [5.74, 6) is -0.462. The predicted octanol–water partition coefficient (Wildman–Crippen LogP) is 1.89. The summed E-state index contributed by atoms with van der Waals surface area (Å²) in [6, 6.07) is -0.651. The summed E-state index contributed by atoms with van der Waals surface area (Å²) in [4.78, 5) is 25.1. The van der Waals surface area contributed by atoms with Crippen LogP contribution in [0.2, 0.25) is 0 Å². The maximum atomic E-state index is 11.9. The first kappa shape index (κ1) is 13.9. The largest absolute Gasteiger partial charge is 0.467 e. The van der Waals surface area contributed by atoms with Crippen molar-refractivity contribution >= 4 is 29.3 Å². The molecule has 1 amide bonds. The van der Waals surface area contributed by atoms with Gasteiger partial charge in [-0.15, -0.1) is 0 Å². The average Bonchev–Trinajstić information content (AvgIpc) is 2.56. The quantitative estimate of drug-likeness (QED) is 0.531. The third-order valence-corrected chi connectivity index (χ3v) is 2.68. The zero-order valence-corrected chi connectivity index (χ0v) is 11.3. The molecule has 1 saturated heterocycles. The van der Waals surface area contributed by atoms with Crippen molar-refractivity contribution < 1.29 is 19.1 Å². The van der Waals surface area contributed by atoms with E-state index in [1.165, 1.54) is 12.0 Å². The summed E-state index contributed by atoms with van der Waals surface area (Å²) in [6.07, 6.45) is 0.425. The molecule has 0 aromatic heterocycles. The number of methoxy groups -OCH3 is 1. The lowest BCUT2D eigenvalue weighted by Gasteiger charge is -2.27. The normalized spacial score (nSPS) is 20.4. The first-order valence-corrected chi connectivity index (χ1v) is 5.80. The smallest absolute Gasteiger partial charge is 0.416 e. The minimum absolute atomic E-state index is 0.426. The van der Waals surface area contributed by atoms with E-state index in [0.29, 0.717) is 17.8 Å². The molecule has 0 aromatic rings. The zero-order chi connectivity index (χ0) is 13.2. The second kappa shape index (κ2) is 5.00. The van der Waals surface area contributed by atoms with Crippen LogP contribution in [-0.2, 0) is 14.3 Å². The highest BCUT2D eigenvalue weighted by Gasteiger charge is 2.40. The van der Waals surface area contributed by atoms with E-state index >= 15 is 0 Å². The minimum atomic E-state index is -0.651. The molecule has 0 radical (unpaired) electrons. The Kier molecular flexibility index (Phi) is 4.08. The van der Waals surface area contributed by atoms with E-state index in [1.54, 1.807) is 20.8 Å². The topological polar surface area (TPSA) is 55.8 Å². The molecule has 0 aliphatic carbocycles. The van der Waals surface area contributed by atoms with Crippen LogP contribution in [0.15, 0.2) is 0 Å². The van der Waals surface area contributed by atoms with E-state index < -0.39 is 23.7 Å². The molecule has 96 valence electrons. The molecule has 0 aromatic carbocycles. The number of hydrogen-bond donors (Lipinski definition) is 0. The Balaban J connectivity index is 2.81. The number of thiocarbonyl (C=S) groups is 1. The minimum Gasteiger partial charge on any atom is -0.467 e. The summed E-state index contributed by atoms with van der Waals surface area (Å²) >= 11 is 5.07. The molecular weight excluding hydrogens is 242 g/mol. The van der Waals surface area contributed by atoms with Gasteiger partial charge in [0.15, 0.2) is 0 Å². The molecule has 0 bridgehead atoms. The molecule has 1 rings (SSSR count). The molecule has 17 heavy (non-hydrogen) atoms. The van der Waals surface area contributed by atoms with Crippen LogP contribution in [0.5, 0.6) is 0 Å². The van der Waals surface area contributed by atoms with Crippen LogP contribution < -0.4 is 0 Å². The highest BCUT2D eigenvalue weighted by atomic mass is 32.1. The van der Waals surface area contributed by atoms with Gasteiger partial charge in [-0.25, -0.2) is 9.59 Å². The molecule has 1 aliphatic rings. The van der Waals surface area contributed by atoms with E-state index in [0.717, 1.165) is 0 Å². The lowest BCUT2D eigenvalue weighted by atomic mass is 10.2. The van der Waals surface area contributed by atoms with Gasteiger partial charge in [-0.2, -0.15) is 0 Å². The highest BCUT2D eigenvalue weighted by molar-refractivity contribution is 7.80. The van der Waals surface area contributed by atoms with Gasteiger partial charge >= 0.3 is 12.1 Å². The van der Waals surface area contributed by atoms with Gasteiger partial charge in [0, 0.05) is 6.42 Å². The summed E-state index contributed by atoms with van der Waals surface area (Å²) in [5.41, 5.74) is -0.615. The SMILES string of the molecule is COC(=O)C1CCC(=S)N1C(=O)OC(C)(C)C. The lowest BCUT2D eigenvalue weighted by Crippen LogP contribution is -2.45. The van der Waals surface area contributed by atoms with Crippen LogP contribution in [-0.4, -0.2) is 40.7 Å². The standard InChI is InChI=1S/C11H17NO4S/c1-11(2,3)16-10(14)12-7(9(13)15-4)5-6-8(12)17/h7H,5-6H2,1-4H3. The fourth-order valence-electron chi connectivity index (χ4n) is 1.58. The zero-order valence-electron chi connectivity index (χ0n) is 10.5. The van der Waals surface area contributed by atoms with Crippen molar-refractivity contribution in [2.24, 2.45) is 0 Å². The molecule has 0 spiro atoms. The third kappa shape index (κ3) is 3.39. The van der Waals surface area contributed by atoms with Crippen LogP contribution in [0.3, 0.4) is 0 Å². The number of hydrogen-bond acceptors (Lipinski definition) is 5. The van der Waals surface area contributed by atoms with Crippen molar-refractivity contribution in [3.63, 3.8) is 0 Å². The van der Waals surface area contributed by atoms with Crippen molar-refractivity contribution in [2.75, 3.05) is 7.11 Å². The highest BCUT2D eigenvalue weighted by Crippen LogP contribution is 2.23. The molecule has 1 fully saturated rings. The predicted molar refractivity (Wildman–Crippen MR) is 65.7 cm³/mol. The van der Waals surface area contributed by atoms with Gasteiger partial charge in [-0.05, 0) is 27.2 Å². The van der Waals surface area contributed by atoms with Gasteiger partial charge in [0.1, 0.15) is 11.6 Å². The summed E-state index contributed by atoms with van der Waals surface area (Å²) in [5, 5.41) is 0. The first-order chi connectivity index (χ1) is 7.76. The number of nitrogens with zero attached hydrogens (tertiary/aromatic N) is 1. The van der Waals surface area contributed by atoms with Crippen LogP contribution in [0.4, 0.5) is 4.79 Å². The summed E-state index contributed by atoms with van der Waals surface area (Å²) in [7, 11) is 1.29. The van der Waals surface area contributed by atoms with Crippen molar-refractivity contribution in [3.8, 4) is 0 Å². The second-order valence-corrected chi connectivity index (χ2v) is 5.29. The number of rotatable bonds is 1. The van der Waals surface area contributed by atoms with Crippen molar-refractivity contribution in [3.05, 3.63) is 0 Å². The Labute approximate surface area is 106 Å². The maximum Gasteiger partial charge on any atom is 0.416 e. The van der Waals surface area contributed by atoms with Gasteiger partial charge < -0.3 is 9.47 Å². The molecule has 5 nitrogen and oxygen atoms in total. The monoisotopic (exact) mass is 259 g/mol. The lowest BCUT2D eigenvalue weighted by molar-refractivity contribution is -0.144. The molecule has 1 atom stereocenters. The summed E-state index contributed by atoms with van der Waals surface area (Å²) < 4.78 is 9.85. The van der Waals surface area contributed by atoms with E-state index in [1.807, 2.05) is 0 Å². The van der Waals surface area contributed by atoms with Crippen LogP contribution >= 0.6 is 12.2 Å². The van der Waals surface area contributed by atoms with Crippen LogP contribution in [0, 0.1) is 0 Å². The second-order valence-electron chi connectivity index (χ2n) is 4.82. The van der Waals surface area contributed by atoms with Gasteiger partial charge in [-0.3, -0.25) is 4.90 Å². The maximum absolute atomic E-state index is 11.9. The Hall–Kier alpha value is -1.17. The Bertz CT molecular complexity index is 348. The van der Waals surface area contributed by atoms with Crippen molar-refractivity contribution in [1.82, 2.24) is 4.90 Å². The van der Waals surface area contributed by atoms with Crippen molar-refractivity contribution in [2.45, 2.75) is 45.3 Å². The van der Waals surface area contributed by atoms with Crippen molar-refractivity contribution in [1.29, 1.82) is 0 Å². The number of likely N-dealkylation sites (tertiary alicyclic amines) is 1. The number of ether oxygens (including phenoxy) is 2. The van der Waals surface area contributed by atoms with E-state index in [2.05, 4.69) is 4.74 Å². The Morgan fingerprint density at radius 3 is 2.47 bits per heavy atom. The Morgan fingerprint density at radius 1 is 1.41 bits per heavy atom. The van der Waals surface area contributed by atoms with Gasteiger partial charge in [0.2, 0.25) is 0 Å². The number of esters is 1. The van der Waals surface area contributed by atoms with Crippen LogP contribution in [0.25, 0.3) is 0 Å². The number of carbonyl (C=O) groups is 2. The van der Waals surface area contributed by atoms with Gasteiger partial charge in [-0.1, -0.05) is 12.2 Å². The fraction of sp³-hybridized carbons (Fsp3) is 0.727. The van der Waals surface area contributed by atoms with E-state index in [-0.39, 0.29) is 0 Å². The third-order valence-electron chi connectivity index (χ3n) is 2.28. The summed E-state index contributed by atoms with van der Waals surface area (Å²) in [6.45, 7) is 5.28. The molecule has 6 heteroatoms. The first-order valence-electron chi connectivity index (χ1n) is 5.39. The van der Waals surface area contributed by atoms with Gasteiger partial charge in [0.25, 0.3) is 0 Å². The molecule has 1 heterocycles. The van der Waals surface area contributed by atoms with E-state index in [9.17, 15) is 9.59 Å². The van der Waals surface area contributed by atoms with E-state index in [4.69, 9.17) is 17.0 Å². The fourth-order valence-corrected chi connectivity index (χ4v) is 1.90. The average molecular weight is 259 g/mol. The molecule has 0 saturated carbocycles. The molecule has 1 aliphatic heterocycles.